The number of rotatable bonds is 1. The van der Waals surface area contributed by atoms with Crippen LogP contribution in [0, 0.1) is 5.41 Å². The van der Waals surface area contributed by atoms with Crippen molar-refractivity contribution >= 4 is 0 Å². The van der Waals surface area contributed by atoms with E-state index in [1.54, 1.807) is 0 Å². The number of hydrogen-bond donors (Lipinski definition) is 0. The van der Waals surface area contributed by atoms with Crippen molar-refractivity contribution in [1.29, 1.82) is 0 Å². The van der Waals surface area contributed by atoms with E-state index in [4.69, 9.17) is 0 Å². The predicted octanol–water partition coefficient (Wildman–Crippen LogP) is 5.04. The maximum absolute atomic E-state index is 14.1. The molecule has 1 heteroatoms. The van der Waals surface area contributed by atoms with Crippen molar-refractivity contribution in [2.24, 2.45) is 5.41 Å². The molecule has 1 aromatic rings. The molecule has 0 aliphatic carbocycles. The highest BCUT2D eigenvalue weighted by Crippen LogP contribution is 2.36. The summed E-state index contributed by atoms with van der Waals surface area (Å²) in [5, 5.41) is 0. The first-order chi connectivity index (χ1) is 7.12. The van der Waals surface area contributed by atoms with Gasteiger partial charge in [-0.1, -0.05) is 65.8 Å². The Balaban J connectivity index is 2.96. The van der Waals surface area contributed by atoms with Gasteiger partial charge in [0.25, 0.3) is 0 Å². The fraction of sp³-hybridized carbons (Fsp3) is 0.600. The summed E-state index contributed by atoms with van der Waals surface area (Å²) in [6.07, 6.45) is -0.901. The van der Waals surface area contributed by atoms with Crippen molar-refractivity contribution < 1.29 is 4.39 Å². The van der Waals surface area contributed by atoms with Crippen LogP contribution in [-0.4, -0.2) is 0 Å². The summed E-state index contributed by atoms with van der Waals surface area (Å²) in [4.78, 5) is 0. The Morgan fingerprint density at radius 2 is 1.31 bits per heavy atom. The summed E-state index contributed by atoms with van der Waals surface area (Å²) >= 11 is 0. The van der Waals surface area contributed by atoms with Crippen LogP contribution >= 0.6 is 0 Å². The molecule has 0 aliphatic heterocycles. The normalized spacial score (nSPS) is 14.9. The van der Waals surface area contributed by atoms with Gasteiger partial charge in [-0.2, -0.15) is 0 Å². The van der Waals surface area contributed by atoms with Gasteiger partial charge < -0.3 is 0 Å². The van der Waals surface area contributed by atoms with Crippen molar-refractivity contribution in [2.45, 2.75) is 53.1 Å². The van der Waals surface area contributed by atoms with Crippen LogP contribution in [0.15, 0.2) is 24.3 Å². The van der Waals surface area contributed by atoms with Crippen LogP contribution in [0.3, 0.4) is 0 Å². The highest BCUT2D eigenvalue weighted by molar-refractivity contribution is 5.29. The number of alkyl halides is 1. The topological polar surface area (TPSA) is 0 Å². The van der Waals surface area contributed by atoms with Crippen LogP contribution in [-0.2, 0) is 5.41 Å². The Morgan fingerprint density at radius 1 is 0.875 bits per heavy atom. The van der Waals surface area contributed by atoms with Crippen molar-refractivity contribution in [3.05, 3.63) is 35.4 Å². The van der Waals surface area contributed by atoms with Crippen molar-refractivity contribution in [2.75, 3.05) is 0 Å². The fourth-order valence-corrected chi connectivity index (χ4v) is 1.65. The third-order valence-electron chi connectivity index (χ3n) is 2.83. The summed E-state index contributed by atoms with van der Waals surface area (Å²) in [7, 11) is 0. The molecular weight excluding hydrogens is 199 g/mol. The summed E-state index contributed by atoms with van der Waals surface area (Å²) < 4.78 is 14.1. The van der Waals surface area contributed by atoms with Gasteiger partial charge >= 0.3 is 0 Å². The second-order valence-electron chi connectivity index (χ2n) is 6.60. The molecule has 0 nitrogen and oxygen atoms in total. The first kappa shape index (κ1) is 13.2. The van der Waals surface area contributed by atoms with E-state index in [9.17, 15) is 4.39 Å². The lowest BCUT2D eigenvalue weighted by molar-refractivity contribution is 0.165. The number of benzene rings is 1. The lowest BCUT2D eigenvalue weighted by atomic mass is 9.83. The zero-order chi connectivity index (χ0) is 12.6. The Kier molecular flexibility index (Phi) is 3.47. The molecule has 90 valence electrons. The first-order valence-electron chi connectivity index (χ1n) is 5.87. The van der Waals surface area contributed by atoms with Gasteiger partial charge in [0.2, 0.25) is 0 Å². The third-order valence-corrected chi connectivity index (χ3v) is 2.83. The van der Waals surface area contributed by atoms with Gasteiger partial charge in [0, 0.05) is 0 Å². The fourth-order valence-electron chi connectivity index (χ4n) is 1.65. The van der Waals surface area contributed by atoms with E-state index >= 15 is 0 Å². The quantitative estimate of drug-likeness (QED) is 0.624. The van der Waals surface area contributed by atoms with E-state index in [0.717, 1.165) is 5.56 Å². The molecule has 16 heavy (non-hydrogen) atoms. The molecule has 0 radical (unpaired) electrons. The van der Waals surface area contributed by atoms with Crippen LogP contribution in [0.4, 0.5) is 4.39 Å². The minimum Gasteiger partial charge on any atom is -0.242 e. The molecule has 1 unspecified atom stereocenters. The lowest BCUT2D eigenvalue weighted by Gasteiger charge is -2.25. The SMILES string of the molecule is CC(C)(C)c1ccc(C(F)C(C)(C)C)cc1. The van der Waals surface area contributed by atoms with Crippen molar-refractivity contribution in [3.8, 4) is 0 Å². The lowest BCUT2D eigenvalue weighted by Crippen LogP contribution is -2.15. The molecule has 1 aromatic carbocycles. The Labute approximate surface area is 98.9 Å². The largest absolute Gasteiger partial charge is 0.242 e. The summed E-state index contributed by atoms with van der Waals surface area (Å²) in [5.74, 6) is 0. The minimum absolute atomic E-state index is 0.131. The van der Waals surface area contributed by atoms with Crippen LogP contribution in [0.5, 0.6) is 0 Å². The summed E-state index contributed by atoms with van der Waals surface area (Å²) in [6, 6.07) is 7.90. The van der Waals surface area contributed by atoms with Gasteiger partial charge in [-0.05, 0) is 22.0 Å². The molecule has 0 fully saturated rings. The van der Waals surface area contributed by atoms with E-state index in [2.05, 4.69) is 20.8 Å². The van der Waals surface area contributed by atoms with Crippen LogP contribution in [0.1, 0.15) is 58.8 Å². The van der Waals surface area contributed by atoms with Gasteiger partial charge in [0.15, 0.2) is 0 Å². The zero-order valence-electron chi connectivity index (χ0n) is 11.3. The van der Waals surface area contributed by atoms with Gasteiger partial charge in [-0.3, -0.25) is 0 Å². The average molecular weight is 222 g/mol. The van der Waals surface area contributed by atoms with E-state index < -0.39 is 6.17 Å². The zero-order valence-corrected chi connectivity index (χ0v) is 11.3. The van der Waals surface area contributed by atoms with E-state index in [0.29, 0.717) is 0 Å². The molecule has 1 rings (SSSR count). The molecule has 0 saturated heterocycles. The van der Waals surface area contributed by atoms with E-state index in [-0.39, 0.29) is 10.8 Å². The second-order valence-corrected chi connectivity index (χ2v) is 6.60. The van der Waals surface area contributed by atoms with Crippen LogP contribution in [0.25, 0.3) is 0 Å². The third kappa shape index (κ3) is 3.07. The Bertz CT molecular complexity index is 335. The molecule has 0 bridgehead atoms. The van der Waals surface area contributed by atoms with E-state index in [1.807, 2.05) is 45.0 Å². The molecular formula is C15H23F. The summed E-state index contributed by atoms with van der Waals surface area (Å²) in [6.45, 7) is 12.3. The first-order valence-corrected chi connectivity index (χ1v) is 5.87. The standard InChI is InChI=1S/C15H23F/c1-14(2,3)12-9-7-11(8-10-12)13(16)15(4,5)6/h7-10,13H,1-6H3. The summed E-state index contributed by atoms with van der Waals surface area (Å²) in [5.41, 5.74) is 1.83. The van der Waals surface area contributed by atoms with Crippen LogP contribution < -0.4 is 0 Å². The predicted molar refractivity (Wildman–Crippen MR) is 68.4 cm³/mol. The Morgan fingerprint density at radius 3 is 1.62 bits per heavy atom. The highest BCUT2D eigenvalue weighted by atomic mass is 19.1. The van der Waals surface area contributed by atoms with Gasteiger partial charge in [0.1, 0.15) is 6.17 Å². The van der Waals surface area contributed by atoms with Crippen molar-refractivity contribution in [3.63, 3.8) is 0 Å². The smallest absolute Gasteiger partial charge is 0.130 e. The van der Waals surface area contributed by atoms with Gasteiger partial charge in [0.05, 0.1) is 0 Å². The Hall–Kier alpha value is -0.850. The monoisotopic (exact) mass is 222 g/mol. The maximum atomic E-state index is 14.1. The molecule has 0 spiro atoms. The van der Waals surface area contributed by atoms with Gasteiger partial charge in [-0.25, -0.2) is 4.39 Å². The molecule has 0 aliphatic rings. The van der Waals surface area contributed by atoms with Crippen LogP contribution in [0.2, 0.25) is 0 Å². The highest BCUT2D eigenvalue weighted by Gasteiger charge is 2.26. The maximum Gasteiger partial charge on any atom is 0.130 e. The second kappa shape index (κ2) is 4.20. The van der Waals surface area contributed by atoms with Crippen molar-refractivity contribution in [1.82, 2.24) is 0 Å². The van der Waals surface area contributed by atoms with E-state index in [1.165, 1.54) is 5.56 Å². The molecule has 0 aromatic heterocycles. The molecule has 0 amide bonds. The molecule has 0 N–H and O–H groups in total. The average Bonchev–Trinajstić information content (AvgIpc) is 2.14. The molecule has 0 saturated carbocycles. The molecule has 1 atom stereocenters. The number of hydrogen-bond acceptors (Lipinski definition) is 0. The molecule has 0 heterocycles. The van der Waals surface area contributed by atoms with Gasteiger partial charge in [-0.15, -0.1) is 0 Å². The number of halogens is 1. The minimum atomic E-state index is -0.901.